The Labute approximate surface area is 113 Å². The van der Waals surface area contributed by atoms with E-state index in [2.05, 4.69) is 12.1 Å². The smallest absolute Gasteiger partial charge is 0.236 e. The Morgan fingerprint density at radius 2 is 2.16 bits per heavy atom. The molecule has 0 atom stereocenters. The van der Waals surface area contributed by atoms with Gasteiger partial charge in [0.25, 0.3) is 0 Å². The lowest BCUT2D eigenvalue weighted by molar-refractivity contribution is -0.145. The molecule has 2 aliphatic carbocycles. The van der Waals surface area contributed by atoms with Crippen LogP contribution < -0.4 is 5.73 Å². The summed E-state index contributed by atoms with van der Waals surface area (Å²) in [6.07, 6.45) is 3.41. The summed E-state index contributed by atoms with van der Waals surface area (Å²) in [5.74, 6) is 0.492. The first-order valence-corrected chi connectivity index (χ1v) is 6.83. The van der Waals surface area contributed by atoms with Crippen LogP contribution in [-0.2, 0) is 9.53 Å². The van der Waals surface area contributed by atoms with Crippen molar-refractivity contribution in [1.29, 1.82) is 0 Å². The molecule has 2 saturated carbocycles. The van der Waals surface area contributed by atoms with Crippen molar-refractivity contribution < 1.29 is 14.7 Å². The lowest BCUT2D eigenvalue weighted by Gasteiger charge is -2.46. The molecule has 19 heavy (non-hydrogen) atoms. The van der Waals surface area contributed by atoms with E-state index in [0.29, 0.717) is 38.0 Å². The number of nitrogens with two attached hydrogens (primary N) is 1. The summed E-state index contributed by atoms with van der Waals surface area (Å²) < 4.78 is 5.07. The van der Waals surface area contributed by atoms with E-state index in [1.807, 2.05) is 4.90 Å². The third kappa shape index (κ3) is 2.54. The number of amides is 1. The molecule has 0 radical (unpaired) electrons. The number of hydrogen-bond donors (Lipinski definition) is 2. The molecule has 0 spiro atoms. The highest BCUT2D eigenvalue weighted by Crippen LogP contribution is 2.48. The fraction of sp³-hybridized carbons (Fsp3) is 0.846. The predicted octanol–water partition coefficient (Wildman–Crippen LogP) is 0.786. The highest BCUT2D eigenvalue weighted by Gasteiger charge is 2.55. The van der Waals surface area contributed by atoms with Crippen LogP contribution in [0.1, 0.15) is 32.6 Å². The average Bonchev–Trinajstić information content (AvgIpc) is 3.18. The van der Waals surface area contributed by atoms with Crippen molar-refractivity contribution in [3.63, 3.8) is 0 Å². The van der Waals surface area contributed by atoms with E-state index in [1.54, 1.807) is 7.11 Å². The number of oxime groups is 1. The number of nitrogens with zero attached hydrogens (tertiary/aromatic N) is 2. The van der Waals surface area contributed by atoms with Crippen molar-refractivity contribution in [3.05, 3.63) is 0 Å². The van der Waals surface area contributed by atoms with E-state index in [0.717, 1.165) is 12.8 Å². The second-order valence-corrected chi connectivity index (χ2v) is 5.80. The maximum absolute atomic E-state index is 12.8. The molecule has 1 amide bonds. The lowest BCUT2D eigenvalue weighted by Crippen LogP contribution is -2.58. The molecular weight excluding hydrogens is 246 g/mol. The van der Waals surface area contributed by atoms with E-state index in [-0.39, 0.29) is 11.7 Å². The van der Waals surface area contributed by atoms with Crippen LogP contribution in [0.2, 0.25) is 0 Å². The van der Waals surface area contributed by atoms with Crippen LogP contribution in [0.3, 0.4) is 0 Å². The van der Waals surface area contributed by atoms with Gasteiger partial charge in [-0.15, -0.1) is 0 Å². The summed E-state index contributed by atoms with van der Waals surface area (Å²) in [6, 6.07) is 0.307. The average molecular weight is 269 g/mol. The first kappa shape index (κ1) is 14.1. The van der Waals surface area contributed by atoms with E-state index in [1.165, 1.54) is 0 Å². The van der Waals surface area contributed by atoms with E-state index < -0.39 is 5.41 Å². The number of carbonyl (C=O) groups excluding carboxylic acids is 1. The van der Waals surface area contributed by atoms with Crippen molar-refractivity contribution in [1.82, 2.24) is 4.90 Å². The second-order valence-electron chi connectivity index (χ2n) is 5.80. The first-order valence-electron chi connectivity index (χ1n) is 6.83. The van der Waals surface area contributed by atoms with Gasteiger partial charge in [0, 0.05) is 19.7 Å². The predicted molar refractivity (Wildman–Crippen MR) is 70.9 cm³/mol. The minimum absolute atomic E-state index is 0.000417. The first-order chi connectivity index (χ1) is 9.05. The van der Waals surface area contributed by atoms with Crippen molar-refractivity contribution in [2.24, 2.45) is 22.2 Å². The topological polar surface area (TPSA) is 88.2 Å². The standard InChI is InChI=1S/C13H23N3O3/c1-9-7-13(8-9,11(14)15-18)12(17)16(5-6-19-2)10-3-4-10/h9-10,18H,3-8H2,1-2H3,(H2,14,15). The van der Waals surface area contributed by atoms with Crippen LogP contribution in [0.5, 0.6) is 0 Å². The van der Waals surface area contributed by atoms with Gasteiger partial charge in [0.05, 0.1) is 6.61 Å². The number of hydrogen-bond acceptors (Lipinski definition) is 4. The van der Waals surface area contributed by atoms with E-state index in [4.69, 9.17) is 15.7 Å². The summed E-state index contributed by atoms with van der Waals surface area (Å²) in [4.78, 5) is 14.6. The molecule has 0 aromatic heterocycles. The minimum atomic E-state index is -0.787. The van der Waals surface area contributed by atoms with Gasteiger partial charge in [0.1, 0.15) is 5.41 Å². The van der Waals surface area contributed by atoms with Gasteiger partial charge in [-0.25, -0.2) is 0 Å². The van der Waals surface area contributed by atoms with E-state index >= 15 is 0 Å². The summed E-state index contributed by atoms with van der Waals surface area (Å²) in [5, 5.41) is 12.0. The summed E-state index contributed by atoms with van der Waals surface area (Å²) in [6.45, 7) is 3.17. The molecule has 0 heterocycles. The molecule has 0 aromatic rings. The van der Waals surface area contributed by atoms with Crippen LogP contribution in [0.15, 0.2) is 5.16 Å². The molecule has 0 aromatic carbocycles. The Bertz CT molecular complexity index is 373. The van der Waals surface area contributed by atoms with Gasteiger partial charge < -0.3 is 20.6 Å². The zero-order valence-corrected chi connectivity index (χ0v) is 11.6. The summed E-state index contributed by atoms with van der Waals surface area (Å²) in [5.41, 5.74) is 5.00. The monoisotopic (exact) mass is 269 g/mol. The van der Waals surface area contributed by atoms with Crippen LogP contribution in [-0.4, -0.2) is 48.2 Å². The van der Waals surface area contributed by atoms with Gasteiger partial charge in [-0.05, 0) is 31.6 Å². The molecule has 6 heteroatoms. The molecule has 0 bridgehead atoms. The lowest BCUT2D eigenvalue weighted by atomic mass is 9.61. The number of rotatable bonds is 6. The SMILES string of the molecule is COCCN(C(=O)C1(C(N)=NO)CC(C)C1)C1CC1. The maximum Gasteiger partial charge on any atom is 0.236 e. The Kier molecular flexibility index (Phi) is 3.99. The Hall–Kier alpha value is -1.30. The number of methoxy groups -OCH3 is 1. The van der Waals surface area contributed by atoms with Crippen molar-refractivity contribution in [2.45, 2.75) is 38.6 Å². The normalized spacial score (nSPS) is 30.8. The van der Waals surface area contributed by atoms with Crippen LogP contribution >= 0.6 is 0 Å². The third-order valence-electron chi connectivity index (χ3n) is 4.19. The molecule has 2 fully saturated rings. The zero-order valence-electron chi connectivity index (χ0n) is 11.6. The fourth-order valence-electron chi connectivity index (χ4n) is 3.02. The van der Waals surface area contributed by atoms with Gasteiger partial charge in [-0.2, -0.15) is 0 Å². The molecule has 0 saturated heterocycles. The Balaban J connectivity index is 2.14. The molecule has 6 nitrogen and oxygen atoms in total. The summed E-state index contributed by atoms with van der Waals surface area (Å²) >= 11 is 0. The molecule has 2 rings (SSSR count). The van der Waals surface area contributed by atoms with Gasteiger partial charge >= 0.3 is 0 Å². The molecule has 0 unspecified atom stereocenters. The minimum Gasteiger partial charge on any atom is -0.409 e. The third-order valence-corrected chi connectivity index (χ3v) is 4.19. The van der Waals surface area contributed by atoms with Gasteiger partial charge in [-0.3, -0.25) is 4.79 Å². The van der Waals surface area contributed by atoms with Crippen LogP contribution in [0, 0.1) is 11.3 Å². The number of carbonyl (C=O) groups is 1. The summed E-state index contributed by atoms with van der Waals surface area (Å²) in [7, 11) is 1.63. The Morgan fingerprint density at radius 3 is 2.58 bits per heavy atom. The Morgan fingerprint density at radius 1 is 1.53 bits per heavy atom. The molecule has 0 aliphatic heterocycles. The highest BCUT2D eigenvalue weighted by atomic mass is 16.5. The second kappa shape index (κ2) is 5.36. The van der Waals surface area contributed by atoms with E-state index in [9.17, 15) is 4.79 Å². The van der Waals surface area contributed by atoms with Crippen LogP contribution in [0.25, 0.3) is 0 Å². The quantitative estimate of drug-likeness (QED) is 0.323. The maximum atomic E-state index is 12.8. The largest absolute Gasteiger partial charge is 0.409 e. The zero-order chi connectivity index (χ0) is 14.0. The fourth-order valence-corrected chi connectivity index (χ4v) is 3.02. The molecule has 3 N–H and O–H groups in total. The van der Waals surface area contributed by atoms with Gasteiger partial charge in [0.15, 0.2) is 5.84 Å². The number of amidine groups is 1. The molecule has 2 aliphatic rings. The van der Waals surface area contributed by atoms with Crippen molar-refractivity contribution >= 4 is 11.7 Å². The van der Waals surface area contributed by atoms with Crippen molar-refractivity contribution in [3.8, 4) is 0 Å². The molecular formula is C13H23N3O3. The highest BCUT2D eigenvalue weighted by molar-refractivity contribution is 6.07. The molecule has 108 valence electrons. The van der Waals surface area contributed by atoms with Crippen molar-refractivity contribution in [2.75, 3.05) is 20.3 Å². The van der Waals surface area contributed by atoms with Gasteiger partial charge in [0.2, 0.25) is 5.91 Å². The van der Waals surface area contributed by atoms with Crippen LogP contribution in [0.4, 0.5) is 0 Å². The van der Waals surface area contributed by atoms with Gasteiger partial charge in [-0.1, -0.05) is 12.1 Å². The number of ether oxygens (including phenoxy) is 1.